The molecule has 0 spiro atoms. The van der Waals surface area contributed by atoms with Gasteiger partial charge in [0.25, 0.3) is 0 Å². The van der Waals surface area contributed by atoms with Crippen LogP contribution in [0.5, 0.6) is 0 Å². The van der Waals surface area contributed by atoms with Gasteiger partial charge in [0.05, 0.1) is 26.4 Å². The van der Waals surface area contributed by atoms with Crippen molar-refractivity contribution in [3.63, 3.8) is 0 Å². The summed E-state index contributed by atoms with van der Waals surface area (Å²) in [6, 6.07) is 0. The Morgan fingerprint density at radius 3 is 0.718 bits per heavy atom. The fourth-order valence-corrected chi connectivity index (χ4v) is 13.5. The molecule has 5 atom stereocenters. The molecule has 0 radical (unpaired) electrons. The topological polar surface area (TPSA) is 231 Å². The van der Waals surface area contributed by atoms with Gasteiger partial charge in [-0.1, -0.05) is 363 Å². The molecular weight excluding hydrogens is 1510 g/mol. The average molecular weight is 1670 g/mol. The number of esters is 3. The monoisotopic (exact) mass is 1670 g/mol. The number of aliphatic hydroxyl groups is 2. The molecule has 117 heavy (non-hydrogen) atoms. The van der Waals surface area contributed by atoms with Crippen molar-refractivity contribution in [2.45, 2.75) is 373 Å². The molecule has 0 amide bonds. The van der Waals surface area contributed by atoms with Gasteiger partial charge in [-0.15, -0.1) is 0 Å². The lowest BCUT2D eigenvalue weighted by Gasteiger charge is -2.21. The summed E-state index contributed by atoms with van der Waals surface area (Å²) in [6.07, 6.45) is 119. The molecule has 0 saturated heterocycles. The third-order valence-corrected chi connectivity index (χ3v) is 20.7. The van der Waals surface area contributed by atoms with Crippen LogP contribution >= 0.6 is 15.6 Å². The van der Waals surface area contributed by atoms with Crippen molar-refractivity contribution in [2.24, 2.45) is 0 Å². The number of carbonyl (C=O) groups excluding carboxylic acids is 3. The molecule has 5 unspecified atom stereocenters. The Balaban J connectivity index is 4.63. The molecule has 0 aromatic carbocycles. The van der Waals surface area contributed by atoms with Crippen LogP contribution in [0.2, 0.25) is 0 Å². The second kappa shape index (κ2) is 89.6. The van der Waals surface area contributed by atoms with E-state index in [0.717, 1.165) is 180 Å². The van der Waals surface area contributed by atoms with Crippen LogP contribution in [0, 0.1) is 0 Å². The fourth-order valence-electron chi connectivity index (χ4n) is 11.9. The van der Waals surface area contributed by atoms with E-state index in [9.17, 15) is 43.5 Å². The summed E-state index contributed by atoms with van der Waals surface area (Å²) >= 11 is 0. The first kappa shape index (κ1) is 111. The molecule has 0 aromatic rings. The Morgan fingerprint density at radius 1 is 0.248 bits per heavy atom. The molecule has 0 heterocycles. The molecule has 0 bridgehead atoms. The first-order valence-electron chi connectivity index (χ1n) is 45.7. The Bertz CT molecular complexity index is 2910. The number of hydrogen-bond acceptors (Lipinski definition) is 14. The van der Waals surface area contributed by atoms with Gasteiger partial charge in [-0.25, -0.2) is 9.13 Å². The van der Waals surface area contributed by atoms with E-state index in [1.54, 1.807) is 0 Å². The van der Waals surface area contributed by atoms with Gasteiger partial charge >= 0.3 is 33.6 Å². The van der Waals surface area contributed by atoms with Crippen molar-refractivity contribution < 1.29 is 75.8 Å². The van der Waals surface area contributed by atoms with Crippen LogP contribution in [0.25, 0.3) is 0 Å². The summed E-state index contributed by atoms with van der Waals surface area (Å²) in [4.78, 5) is 59.0. The number of hydrogen-bond donors (Lipinski definition) is 4. The van der Waals surface area contributed by atoms with Crippen molar-refractivity contribution >= 4 is 33.6 Å². The Hall–Kier alpha value is -5.61. The van der Waals surface area contributed by atoms with Crippen molar-refractivity contribution in [1.29, 1.82) is 0 Å². The Morgan fingerprint density at radius 2 is 0.453 bits per heavy atom. The zero-order chi connectivity index (χ0) is 85.1. The molecule has 16 nitrogen and oxygen atoms in total. The summed E-state index contributed by atoms with van der Waals surface area (Å²) in [7, 11) is -9.83. The van der Waals surface area contributed by atoms with Crippen LogP contribution < -0.4 is 0 Å². The lowest BCUT2D eigenvalue weighted by atomic mass is 10.0. The molecule has 0 fully saturated rings. The van der Waals surface area contributed by atoms with Gasteiger partial charge in [0.2, 0.25) is 0 Å². The number of carbonyl (C=O) groups is 3. The second-order valence-electron chi connectivity index (χ2n) is 30.0. The molecular formula is C99H164O16P2. The van der Waals surface area contributed by atoms with Gasteiger partial charge < -0.3 is 34.2 Å². The highest BCUT2D eigenvalue weighted by Crippen LogP contribution is 2.45. The molecule has 0 aliphatic heterocycles. The van der Waals surface area contributed by atoms with Crippen LogP contribution in [0.3, 0.4) is 0 Å². The maximum absolute atomic E-state index is 13.1. The summed E-state index contributed by atoms with van der Waals surface area (Å²) in [6.45, 7) is 2.41. The van der Waals surface area contributed by atoms with Crippen LogP contribution in [0.4, 0.5) is 0 Å². The van der Waals surface area contributed by atoms with Gasteiger partial charge in [0.15, 0.2) is 6.10 Å². The molecule has 18 heteroatoms. The summed E-state index contributed by atoms with van der Waals surface area (Å²) in [5.41, 5.74) is 0. The Labute approximate surface area is 712 Å². The van der Waals surface area contributed by atoms with E-state index >= 15 is 0 Å². The maximum Gasteiger partial charge on any atom is 0.472 e. The quantitative estimate of drug-likeness (QED) is 0.0146. The van der Waals surface area contributed by atoms with Gasteiger partial charge in [-0.3, -0.25) is 32.5 Å². The van der Waals surface area contributed by atoms with E-state index in [1.165, 1.54) is 116 Å². The largest absolute Gasteiger partial charge is 0.472 e. The van der Waals surface area contributed by atoms with E-state index in [1.807, 2.05) is 0 Å². The molecule has 666 valence electrons. The first-order chi connectivity index (χ1) is 57.2. The third kappa shape index (κ3) is 91.0. The predicted molar refractivity (Wildman–Crippen MR) is 491 cm³/mol. The van der Waals surface area contributed by atoms with E-state index in [0.29, 0.717) is 19.3 Å². The number of rotatable bonds is 85. The minimum atomic E-state index is -4.96. The number of aliphatic hydroxyl groups excluding tert-OH is 2. The number of phosphoric ester groups is 2. The normalized spacial score (nSPS) is 14.7. The van der Waals surface area contributed by atoms with Crippen LogP contribution in [0.15, 0.2) is 194 Å². The SMILES string of the molecule is CC/C=C\C/C=C\C/C=C\C/C=C\C/C=C\C/C=C\CCCCCCCCCCCCCCCCC(=O)OCC(O)COP(=O)(O)OCC(O)COP(=O)(O)OCC(COC(=O)CCCCCCCCCCC/C=C\C/C=C\C/C=C\C/C=C\CCCCC)OC(=O)CCCCCC/C=C\C/C=C\C/C=C\C/C=C\C/C=C\C/C=C\CC. The first-order valence-corrected chi connectivity index (χ1v) is 48.7. The predicted octanol–water partition coefficient (Wildman–Crippen LogP) is 28.2. The van der Waals surface area contributed by atoms with Crippen molar-refractivity contribution in [3.8, 4) is 0 Å². The van der Waals surface area contributed by atoms with E-state index in [4.69, 9.17) is 32.3 Å². The summed E-state index contributed by atoms with van der Waals surface area (Å²) < 4.78 is 61.4. The lowest BCUT2D eigenvalue weighted by molar-refractivity contribution is -0.161. The third-order valence-electron chi connectivity index (χ3n) is 18.8. The maximum atomic E-state index is 13.1. The minimum absolute atomic E-state index is 0.0668. The number of ether oxygens (including phenoxy) is 3. The molecule has 0 rings (SSSR count). The van der Waals surface area contributed by atoms with Gasteiger partial charge in [-0.05, 0) is 167 Å². The van der Waals surface area contributed by atoms with E-state index < -0.39 is 91.5 Å². The van der Waals surface area contributed by atoms with E-state index in [2.05, 4.69) is 215 Å². The zero-order valence-electron chi connectivity index (χ0n) is 73.3. The van der Waals surface area contributed by atoms with Crippen molar-refractivity contribution in [1.82, 2.24) is 0 Å². The highest BCUT2D eigenvalue weighted by molar-refractivity contribution is 7.47. The van der Waals surface area contributed by atoms with Crippen LogP contribution in [-0.2, 0) is 55.8 Å². The number of allylic oxidation sites excluding steroid dienone is 32. The Kier molecular flexibility index (Phi) is 85.3. The molecule has 0 saturated carbocycles. The molecule has 4 N–H and O–H groups in total. The van der Waals surface area contributed by atoms with Crippen LogP contribution in [-0.4, -0.2) is 95.9 Å². The molecule has 0 aliphatic rings. The molecule has 0 aliphatic carbocycles. The van der Waals surface area contributed by atoms with E-state index in [-0.39, 0.29) is 19.3 Å². The zero-order valence-corrected chi connectivity index (χ0v) is 75.1. The number of phosphoric acid groups is 2. The smallest absolute Gasteiger partial charge is 0.463 e. The summed E-state index contributed by atoms with van der Waals surface area (Å²) in [5.74, 6) is -1.61. The fraction of sp³-hybridized carbons (Fsp3) is 0.646. The second-order valence-corrected chi connectivity index (χ2v) is 32.9. The average Bonchev–Trinajstić information content (AvgIpc) is 0.896. The summed E-state index contributed by atoms with van der Waals surface area (Å²) in [5, 5.41) is 20.7. The highest BCUT2D eigenvalue weighted by atomic mass is 31.2. The van der Waals surface area contributed by atoms with Gasteiger partial charge in [0, 0.05) is 19.3 Å². The van der Waals surface area contributed by atoms with Crippen LogP contribution in [0.1, 0.15) is 355 Å². The van der Waals surface area contributed by atoms with Gasteiger partial charge in [-0.2, -0.15) is 0 Å². The minimum Gasteiger partial charge on any atom is -0.463 e. The van der Waals surface area contributed by atoms with Crippen molar-refractivity contribution in [2.75, 3.05) is 39.6 Å². The number of unbranched alkanes of at least 4 members (excludes halogenated alkanes) is 30. The molecule has 0 aromatic heterocycles. The standard InChI is InChI=1S/C99H164O16P2/c1-4-7-10-13-16-19-22-25-28-31-34-37-40-42-43-44-45-46-47-48-49-51-54-55-58-61-64-67-70-73-76-79-82-85-97(102)109-88-94(100)89-111-116(105,106)112-90-95(101)91-113-117(107,108)114-93-96(115-99(104)87-84-81-78-75-72-69-66-63-60-57-52-39-36-33-30-27-24-21-18-15-12-9-6-3)92-110-98(103)86-83-80-77-74-71-68-65-62-59-56-53-50-41-38-35-32-29-26-23-20-17-14-11-8-5-2/h7,9-10,12,16-21,25-30,34-39,42-43,45-46,50,53,57,60,66,69,94-96,100-101H,4-6,8,11,13-15,22-24,31-33,40-41,44,47-49,51-52,54-56,58-59,61-65,67-68,70-93H2,1-3H3,(H,105,106)(H,107,108)/b10-7-,12-9-,19-16-,20-17-,21-18-,28-25-,29-26-,30-27-,37-34-,38-35-,39-36-,43-42-,46-45-,53-50-,60-57-,69-66-. The lowest BCUT2D eigenvalue weighted by Crippen LogP contribution is -2.30. The highest BCUT2D eigenvalue weighted by Gasteiger charge is 2.29. The van der Waals surface area contributed by atoms with Gasteiger partial charge in [0.1, 0.15) is 25.4 Å². The van der Waals surface area contributed by atoms with Crippen molar-refractivity contribution in [3.05, 3.63) is 194 Å².